The third kappa shape index (κ3) is 0.814. The molecule has 1 heterocycles. The zero-order valence-electron chi connectivity index (χ0n) is 5.68. The highest BCUT2D eigenvalue weighted by molar-refractivity contribution is 6.47. The van der Waals surface area contributed by atoms with Crippen molar-refractivity contribution in [3.05, 3.63) is 0 Å². The van der Waals surface area contributed by atoms with Crippen LogP contribution < -0.4 is 0 Å². The summed E-state index contributed by atoms with van der Waals surface area (Å²) in [5.74, 6) is -0.690. The van der Waals surface area contributed by atoms with Crippen molar-refractivity contribution in [1.29, 1.82) is 5.41 Å². The van der Waals surface area contributed by atoms with Crippen LogP contribution in [-0.2, 0) is 9.59 Å². The van der Waals surface area contributed by atoms with Crippen LogP contribution in [0, 0.1) is 5.41 Å². The molecule has 0 saturated carbocycles. The van der Waals surface area contributed by atoms with Crippen molar-refractivity contribution >= 4 is 17.5 Å². The molecular formula is C6H8N2O2. The Morgan fingerprint density at radius 3 is 2.40 bits per heavy atom. The van der Waals surface area contributed by atoms with E-state index in [2.05, 4.69) is 0 Å². The summed E-state index contributed by atoms with van der Waals surface area (Å²) in [6, 6.07) is 0. The molecule has 1 aliphatic rings. The molecule has 0 bridgehead atoms. The first kappa shape index (κ1) is 6.92. The zero-order valence-corrected chi connectivity index (χ0v) is 5.68. The lowest BCUT2D eigenvalue weighted by Crippen LogP contribution is -2.30. The van der Waals surface area contributed by atoms with Gasteiger partial charge in [0.05, 0.1) is 6.42 Å². The first-order chi connectivity index (χ1) is 4.66. The maximum atomic E-state index is 10.8. The molecule has 54 valence electrons. The van der Waals surface area contributed by atoms with Crippen LogP contribution in [0.2, 0.25) is 0 Å². The number of amides is 2. The molecule has 0 aromatic heterocycles. The van der Waals surface area contributed by atoms with Crippen molar-refractivity contribution < 1.29 is 9.59 Å². The smallest absolute Gasteiger partial charge is 0.274 e. The quantitative estimate of drug-likeness (QED) is 0.512. The van der Waals surface area contributed by atoms with Crippen molar-refractivity contribution in [2.24, 2.45) is 0 Å². The van der Waals surface area contributed by atoms with E-state index in [4.69, 9.17) is 5.41 Å². The van der Waals surface area contributed by atoms with Gasteiger partial charge in [-0.2, -0.15) is 0 Å². The van der Waals surface area contributed by atoms with Gasteiger partial charge in [0.25, 0.3) is 5.91 Å². The Morgan fingerprint density at radius 2 is 2.20 bits per heavy atom. The molecule has 0 atom stereocenters. The Morgan fingerprint density at radius 1 is 1.60 bits per heavy atom. The molecule has 1 fully saturated rings. The van der Waals surface area contributed by atoms with E-state index in [9.17, 15) is 9.59 Å². The van der Waals surface area contributed by atoms with Gasteiger partial charge in [-0.05, 0) is 6.92 Å². The molecule has 0 radical (unpaired) electrons. The van der Waals surface area contributed by atoms with Gasteiger partial charge in [-0.25, -0.2) is 0 Å². The minimum atomic E-state index is -0.437. The minimum absolute atomic E-state index is 0.0212. The number of hydrogen-bond acceptors (Lipinski definition) is 3. The Labute approximate surface area is 58.3 Å². The fourth-order valence-corrected chi connectivity index (χ4v) is 0.918. The summed E-state index contributed by atoms with van der Waals surface area (Å²) in [6.45, 7) is 2.09. The lowest BCUT2D eigenvalue weighted by Gasteiger charge is -2.07. The molecule has 0 aromatic rings. The van der Waals surface area contributed by atoms with Crippen LogP contribution in [0.25, 0.3) is 0 Å². The molecule has 1 N–H and O–H groups in total. The number of carbonyl (C=O) groups is 2. The summed E-state index contributed by atoms with van der Waals surface area (Å²) in [4.78, 5) is 22.7. The Hall–Kier alpha value is -1.19. The van der Waals surface area contributed by atoms with Crippen LogP contribution in [0.5, 0.6) is 0 Å². The molecule has 1 aliphatic heterocycles. The van der Waals surface area contributed by atoms with Crippen LogP contribution in [0.15, 0.2) is 0 Å². The molecule has 1 rings (SSSR count). The SMILES string of the molecule is CCN1C(=O)CC(=N)C1=O. The van der Waals surface area contributed by atoms with Crippen LogP contribution in [0.4, 0.5) is 0 Å². The van der Waals surface area contributed by atoms with E-state index < -0.39 is 5.91 Å². The first-order valence-electron chi connectivity index (χ1n) is 3.09. The highest BCUT2D eigenvalue weighted by atomic mass is 16.2. The van der Waals surface area contributed by atoms with Crippen molar-refractivity contribution in [3.63, 3.8) is 0 Å². The average Bonchev–Trinajstić information content (AvgIpc) is 2.09. The third-order valence-electron chi connectivity index (χ3n) is 1.45. The molecule has 1 saturated heterocycles. The van der Waals surface area contributed by atoms with Gasteiger partial charge in [0.2, 0.25) is 5.91 Å². The predicted octanol–water partition coefficient (Wildman–Crippen LogP) is -0.215. The molecule has 0 aliphatic carbocycles. The topological polar surface area (TPSA) is 61.2 Å². The maximum Gasteiger partial charge on any atom is 0.274 e. The minimum Gasteiger partial charge on any atom is -0.299 e. The van der Waals surface area contributed by atoms with Gasteiger partial charge in [0, 0.05) is 6.54 Å². The number of carbonyl (C=O) groups excluding carboxylic acids is 2. The number of likely N-dealkylation sites (tertiary alicyclic amines) is 1. The summed E-state index contributed by atoms with van der Waals surface area (Å²) >= 11 is 0. The van der Waals surface area contributed by atoms with E-state index in [1.54, 1.807) is 6.92 Å². The molecule has 0 spiro atoms. The van der Waals surface area contributed by atoms with E-state index in [0.29, 0.717) is 6.54 Å². The third-order valence-corrected chi connectivity index (χ3v) is 1.45. The fraction of sp³-hybridized carbons (Fsp3) is 0.500. The van der Waals surface area contributed by atoms with Crippen LogP contribution in [-0.4, -0.2) is 29.0 Å². The van der Waals surface area contributed by atoms with Crippen LogP contribution >= 0.6 is 0 Å². The zero-order chi connectivity index (χ0) is 7.72. The summed E-state index contributed by atoms with van der Waals surface area (Å²) in [5, 5.41) is 7.01. The lowest BCUT2D eigenvalue weighted by molar-refractivity contribution is -0.136. The van der Waals surface area contributed by atoms with Crippen molar-refractivity contribution in [1.82, 2.24) is 4.90 Å². The maximum absolute atomic E-state index is 10.8. The predicted molar refractivity (Wildman–Crippen MR) is 34.7 cm³/mol. The number of nitrogens with zero attached hydrogens (tertiary/aromatic N) is 1. The second kappa shape index (κ2) is 2.21. The molecule has 10 heavy (non-hydrogen) atoms. The van der Waals surface area contributed by atoms with Crippen molar-refractivity contribution in [2.45, 2.75) is 13.3 Å². The highest BCUT2D eigenvalue weighted by Crippen LogP contribution is 2.06. The van der Waals surface area contributed by atoms with Gasteiger partial charge in [-0.15, -0.1) is 0 Å². The molecule has 4 heteroatoms. The average molecular weight is 140 g/mol. The number of rotatable bonds is 1. The van der Waals surface area contributed by atoms with Crippen LogP contribution in [0.1, 0.15) is 13.3 Å². The lowest BCUT2D eigenvalue weighted by atomic mass is 10.3. The monoisotopic (exact) mass is 140 g/mol. The fourth-order valence-electron chi connectivity index (χ4n) is 0.918. The van der Waals surface area contributed by atoms with Crippen LogP contribution in [0.3, 0.4) is 0 Å². The number of hydrogen-bond donors (Lipinski definition) is 1. The standard InChI is InChI=1S/C6H8N2O2/c1-2-8-5(9)3-4(7)6(8)10/h7H,2-3H2,1H3. The Balaban J connectivity index is 2.84. The highest BCUT2D eigenvalue weighted by Gasteiger charge is 2.32. The van der Waals surface area contributed by atoms with E-state index >= 15 is 0 Å². The van der Waals surface area contributed by atoms with Gasteiger partial charge in [-0.3, -0.25) is 19.9 Å². The van der Waals surface area contributed by atoms with Gasteiger partial charge >= 0.3 is 0 Å². The molecule has 0 unspecified atom stereocenters. The molecule has 4 nitrogen and oxygen atoms in total. The summed E-state index contributed by atoms with van der Waals surface area (Å²) < 4.78 is 0. The van der Waals surface area contributed by atoms with Gasteiger partial charge < -0.3 is 0 Å². The number of imide groups is 1. The molecule has 2 amide bonds. The summed E-state index contributed by atoms with van der Waals surface area (Å²) in [6.07, 6.45) is -0.0212. The van der Waals surface area contributed by atoms with E-state index in [1.807, 2.05) is 0 Å². The van der Waals surface area contributed by atoms with Gasteiger partial charge in [0.15, 0.2) is 0 Å². The molecule has 0 aromatic carbocycles. The normalized spacial score (nSPS) is 18.9. The van der Waals surface area contributed by atoms with E-state index in [-0.39, 0.29) is 18.0 Å². The second-order valence-electron chi connectivity index (χ2n) is 2.10. The largest absolute Gasteiger partial charge is 0.299 e. The van der Waals surface area contributed by atoms with E-state index in [1.165, 1.54) is 0 Å². The van der Waals surface area contributed by atoms with Crippen molar-refractivity contribution in [3.8, 4) is 0 Å². The van der Waals surface area contributed by atoms with Gasteiger partial charge in [-0.1, -0.05) is 0 Å². The second-order valence-corrected chi connectivity index (χ2v) is 2.10. The first-order valence-corrected chi connectivity index (χ1v) is 3.09. The summed E-state index contributed by atoms with van der Waals surface area (Å²) in [5.41, 5.74) is -0.0909. The Bertz CT molecular complexity index is 210. The van der Waals surface area contributed by atoms with E-state index in [0.717, 1.165) is 4.90 Å². The summed E-state index contributed by atoms with van der Waals surface area (Å²) in [7, 11) is 0. The Kier molecular flexibility index (Phi) is 1.53. The number of nitrogens with one attached hydrogen (secondary N) is 1. The van der Waals surface area contributed by atoms with Crippen molar-refractivity contribution in [2.75, 3.05) is 6.54 Å². The van der Waals surface area contributed by atoms with Gasteiger partial charge in [0.1, 0.15) is 5.71 Å². The molecular weight excluding hydrogens is 132 g/mol.